The average molecular weight is 320 g/mol. The molecule has 5 heteroatoms. The predicted octanol–water partition coefficient (Wildman–Crippen LogP) is 2.56. The molecule has 0 unspecified atom stereocenters. The van der Waals surface area contributed by atoms with Gasteiger partial charge in [-0.25, -0.2) is 4.79 Å². The van der Waals surface area contributed by atoms with E-state index < -0.39 is 0 Å². The van der Waals surface area contributed by atoms with Crippen molar-refractivity contribution >= 4 is 6.03 Å². The van der Waals surface area contributed by atoms with Crippen LogP contribution in [0.25, 0.3) is 0 Å². The van der Waals surface area contributed by atoms with Gasteiger partial charge in [-0.2, -0.15) is 0 Å². The van der Waals surface area contributed by atoms with Crippen LogP contribution in [-0.4, -0.2) is 42.8 Å². The van der Waals surface area contributed by atoms with Crippen molar-refractivity contribution < 1.29 is 14.6 Å². The molecule has 0 radical (unpaired) electrons. The molecule has 0 aliphatic carbocycles. The van der Waals surface area contributed by atoms with Crippen LogP contribution < -0.4 is 10.1 Å². The number of fused-ring (bicyclic) bond motifs is 1. The lowest BCUT2D eigenvalue weighted by molar-refractivity contribution is 0.147. The second-order valence-corrected chi connectivity index (χ2v) is 6.96. The Labute approximate surface area is 138 Å². The lowest BCUT2D eigenvalue weighted by atomic mass is 9.89. The summed E-state index contributed by atoms with van der Waals surface area (Å²) < 4.78 is 5.26. The summed E-state index contributed by atoms with van der Waals surface area (Å²) in [5.41, 5.74) is 2.37. The van der Waals surface area contributed by atoms with Gasteiger partial charge in [-0.3, -0.25) is 0 Å². The number of amides is 2. The number of hydrogen-bond acceptors (Lipinski definition) is 3. The Morgan fingerprint density at radius 1 is 1.39 bits per heavy atom. The number of rotatable bonds is 6. The Kier molecular flexibility index (Phi) is 5.88. The fourth-order valence-electron chi connectivity index (χ4n) is 2.79. The molecule has 2 N–H and O–H groups in total. The summed E-state index contributed by atoms with van der Waals surface area (Å²) in [6, 6.07) is 6.05. The summed E-state index contributed by atoms with van der Waals surface area (Å²) in [5, 5.41) is 12.2. The Morgan fingerprint density at radius 2 is 2.17 bits per heavy atom. The predicted molar refractivity (Wildman–Crippen MR) is 90.6 cm³/mol. The van der Waals surface area contributed by atoms with Gasteiger partial charge in [-0.1, -0.05) is 19.9 Å². The summed E-state index contributed by atoms with van der Waals surface area (Å²) in [5.74, 6) is 0.831. The van der Waals surface area contributed by atoms with Gasteiger partial charge in [0.15, 0.2) is 0 Å². The van der Waals surface area contributed by atoms with Gasteiger partial charge in [-0.15, -0.1) is 0 Å². The highest BCUT2D eigenvalue weighted by atomic mass is 16.5. The van der Waals surface area contributed by atoms with Crippen molar-refractivity contribution in [1.82, 2.24) is 10.2 Å². The maximum Gasteiger partial charge on any atom is 0.317 e. The van der Waals surface area contributed by atoms with Crippen molar-refractivity contribution in [3.8, 4) is 5.75 Å². The number of nitrogens with zero attached hydrogens (tertiary/aromatic N) is 1. The van der Waals surface area contributed by atoms with E-state index in [9.17, 15) is 9.90 Å². The van der Waals surface area contributed by atoms with Crippen molar-refractivity contribution in [2.75, 3.05) is 26.8 Å². The van der Waals surface area contributed by atoms with Gasteiger partial charge in [0.1, 0.15) is 5.75 Å². The molecule has 1 aliphatic heterocycles. The molecule has 1 aromatic carbocycles. The fourth-order valence-corrected chi connectivity index (χ4v) is 2.79. The van der Waals surface area contributed by atoms with Crippen LogP contribution in [0.15, 0.2) is 18.2 Å². The minimum Gasteiger partial charge on any atom is -0.497 e. The van der Waals surface area contributed by atoms with Crippen LogP contribution in [0.4, 0.5) is 4.79 Å². The second kappa shape index (κ2) is 7.68. The zero-order valence-electron chi connectivity index (χ0n) is 14.4. The lowest BCUT2D eigenvalue weighted by Gasteiger charge is -2.29. The molecule has 23 heavy (non-hydrogen) atoms. The van der Waals surface area contributed by atoms with Crippen molar-refractivity contribution in [1.29, 1.82) is 0 Å². The van der Waals surface area contributed by atoms with Gasteiger partial charge in [0.25, 0.3) is 0 Å². The molecule has 0 aromatic heterocycles. The first kappa shape index (κ1) is 17.6. The number of carbonyl (C=O) groups is 1. The summed E-state index contributed by atoms with van der Waals surface area (Å²) in [7, 11) is 1.66. The van der Waals surface area contributed by atoms with Gasteiger partial charge >= 0.3 is 6.03 Å². The molecule has 2 rings (SSSR count). The summed E-state index contributed by atoms with van der Waals surface area (Å²) in [6.07, 6.45) is 2.64. The van der Waals surface area contributed by atoms with E-state index >= 15 is 0 Å². The van der Waals surface area contributed by atoms with Crippen LogP contribution in [0.3, 0.4) is 0 Å². The SMILES string of the molecule is COc1ccc2c(c1)CN(C(=O)NCCCC(C)(C)CO)CC2. The van der Waals surface area contributed by atoms with E-state index in [2.05, 4.69) is 11.4 Å². The third-order valence-corrected chi connectivity index (χ3v) is 4.45. The first-order chi connectivity index (χ1) is 10.9. The molecule has 0 fully saturated rings. The number of aliphatic hydroxyl groups excluding tert-OH is 1. The first-order valence-corrected chi connectivity index (χ1v) is 8.24. The van der Waals surface area contributed by atoms with Crippen LogP contribution in [0.2, 0.25) is 0 Å². The Balaban J connectivity index is 1.82. The van der Waals surface area contributed by atoms with Crippen LogP contribution in [0.5, 0.6) is 5.75 Å². The van der Waals surface area contributed by atoms with E-state index in [0.717, 1.165) is 37.1 Å². The molecule has 1 aromatic rings. The number of nitrogens with one attached hydrogen (secondary N) is 1. The fraction of sp³-hybridized carbons (Fsp3) is 0.611. The smallest absolute Gasteiger partial charge is 0.317 e. The summed E-state index contributed by atoms with van der Waals surface area (Å²) >= 11 is 0. The number of hydrogen-bond donors (Lipinski definition) is 2. The van der Waals surface area contributed by atoms with E-state index in [-0.39, 0.29) is 18.1 Å². The first-order valence-electron chi connectivity index (χ1n) is 8.24. The second-order valence-electron chi connectivity index (χ2n) is 6.96. The van der Waals surface area contributed by atoms with Crippen LogP contribution in [-0.2, 0) is 13.0 Å². The van der Waals surface area contributed by atoms with E-state index in [0.29, 0.717) is 13.1 Å². The Morgan fingerprint density at radius 3 is 2.87 bits per heavy atom. The van der Waals surface area contributed by atoms with E-state index in [1.54, 1.807) is 7.11 Å². The quantitative estimate of drug-likeness (QED) is 0.792. The topological polar surface area (TPSA) is 61.8 Å². The molecule has 0 saturated heterocycles. The summed E-state index contributed by atoms with van der Waals surface area (Å²) in [6.45, 7) is 6.25. The van der Waals surface area contributed by atoms with Crippen molar-refractivity contribution in [3.63, 3.8) is 0 Å². The third kappa shape index (κ3) is 4.86. The monoisotopic (exact) mass is 320 g/mol. The highest BCUT2D eigenvalue weighted by Gasteiger charge is 2.21. The highest BCUT2D eigenvalue weighted by Crippen LogP contribution is 2.24. The molecule has 128 valence electrons. The zero-order valence-corrected chi connectivity index (χ0v) is 14.4. The molecule has 0 bridgehead atoms. The van der Waals surface area contributed by atoms with Crippen LogP contribution >= 0.6 is 0 Å². The average Bonchev–Trinajstić information content (AvgIpc) is 2.57. The number of ether oxygens (including phenoxy) is 1. The third-order valence-electron chi connectivity index (χ3n) is 4.45. The van der Waals surface area contributed by atoms with Crippen molar-refractivity contribution in [2.24, 2.45) is 5.41 Å². The number of carbonyl (C=O) groups excluding carboxylic acids is 1. The largest absolute Gasteiger partial charge is 0.497 e. The zero-order chi connectivity index (χ0) is 16.9. The molecule has 0 saturated carbocycles. The van der Waals surface area contributed by atoms with Gasteiger partial charge in [0.2, 0.25) is 0 Å². The number of urea groups is 1. The molecule has 1 aliphatic rings. The number of methoxy groups -OCH3 is 1. The van der Waals surface area contributed by atoms with Gasteiger partial charge in [0.05, 0.1) is 7.11 Å². The molecular formula is C18H28N2O3. The van der Waals surface area contributed by atoms with Crippen molar-refractivity contribution in [2.45, 2.75) is 39.7 Å². The van der Waals surface area contributed by atoms with Crippen molar-refractivity contribution in [3.05, 3.63) is 29.3 Å². The lowest BCUT2D eigenvalue weighted by Crippen LogP contribution is -2.43. The Hall–Kier alpha value is -1.75. The van der Waals surface area contributed by atoms with Gasteiger partial charge in [-0.05, 0) is 47.9 Å². The molecule has 2 amide bonds. The van der Waals surface area contributed by atoms with E-state index in [4.69, 9.17) is 4.74 Å². The minimum absolute atomic E-state index is 0.0136. The normalized spacial score (nSPS) is 14.3. The number of aliphatic hydroxyl groups is 1. The van der Waals surface area contributed by atoms with E-state index in [1.807, 2.05) is 30.9 Å². The molecule has 1 heterocycles. The Bertz CT molecular complexity index is 543. The summed E-state index contributed by atoms with van der Waals surface area (Å²) in [4.78, 5) is 14.1. The highest BCUT2D eigenvalue weighted by molar-refractivity contribution is 5.74. The molecular weight excluding hydrogens is 292 g/mol. The minimum atomic E-state index is -0.0780. The number of benzene rings is 1. The molecule has 0 atom stereocenters. The molecule has 0 spiro atoms. The maximum absolute atomic E-state index is 12.3. The van der Waals surface area contributed by atoms with Crippen LogP contribution in [0, 0.1) is 5.41 Å². The van der Waals surface area contributed by atoms with Gasteiger partial charge in [0, 0.05) is 26.2 Å². The molecule has 5 nitrogen and oxygen atoms in total. The van der Waals surface area contributed by atoms with Crippen LogP contribution in [0.1, 0.15) is 37.8 Å². The van der Waals surface area contributed by atoms with Gasteiger partial charge < -0.3 is 20.1 Å². The van der Waals surface area contributed by atoms with E-state index in [1.165, 1.54) is 5.56 Å². The maximum atomic E-state index is 12.3. The standard InChI is InChI=1S/C18H28N2O3/c1-18(2,13-21)8-4-9-19-17(22)20-10-7-14-5-6-16(23-3)11-15(14)12-20/h5-6,11,21H,4,7-10,12-13H2,1-3H3,(H,19,22).